The summed E-state index contributed by atoms with van der Waals surface area (Å²) < 4.78 is 7.60. The first-order valence-corrected chi connectivity index (χ1v) is 10.9. The van der Waals surface area contributed by atoms with Crippen LogP contribution in [0.15, 0.2) is 80.8 Å². The highest BCUT2D eigenvalue weighted by Gasteiger charge is 2.04. The van der Waals surface area contributed by atoms with Gasteiger partial charge >= 0.3 is 0 Å². The van der Waals surface area contributed by atoms with Crippen molar-refractivity contribution in [3.8, 4) is 5.75 Å². The second kappa shape index (κ2) is 11.2. The van der Waals surface area contributed by atoms with Crippen LogP contribution in [0, 0.1) is 0 Å². The van der Waals surface area contributed by atoms with Crippen LogP contribution in [-0.4, -0.2) is 18.7 Å². The molecule has 1 amide bonds. The van der Waals surface area contributed by atoms with Crippen molar-refractivity contribution in [3.63, 3.8) is 0 Å². The largest absolute Gasteiger partial charge is 0.488 e. The number of hydrogen-bond donors (Lipinski definition) is 2. The Kier molecular flexibility index (Phi) is 8.30. The highest BCUT2D eigenvalue weighted by Crippen LogP contribution is 2.26. The van der Waals surface area contributed by atoms with Gasteiger partial charge in [-0.25, -0.2) is 5.43 Å². The van der Waals surface area contributed by atoms with Crippen molar-refractivity contribution in [2.24, 2.45) is 5.10 Å². The van der Waals surface area contributed by atoms with Gasteiger partial charge in [-0.05, 0) is 81.7 Å². The Morgan fingerprint density at radius 3 is 2.47 bits per heavy atom. The maximum atomic E-state index is 11.9. The lowest BCUT2D eigenvalue weighted by Crippen LogP contribution is -2.25. The van der Waals surface area contributed by atoms with Crippen LogP contribution in [0.2, 0.25) is 5.02 Å². The average Bonchev–Trinajstić information content (AvgIpc) is 2.74. The van der Waals surface area contributed by atoms with Crippen LogP contribution in [0.3, 0.4) is 0 Å². The molecule has 0 saturated carbocycles. The Bertz CT molecular complexity index is 1030. The fourth-order valence-corrected chi connectivity index (χ4v) is 3.33. The molecule has 5 nitrogen and oxygen atoms in total. The molecule has 0 aromatic heterocycles. The van der Waals surface area contributed by atoms with Gasteiger partial charge in [-0.1, -0.05) is 39.7 Å². The lowest BCUT2D eigenvalue weighted by atomic mass is 10.2. The molecule has 0 bridgehead atoms. The fraction of sp³-hybridized carbons (Fsp3) is 0.0909. The summed E-state index contributed by atoms with van der Waals surface area (Å²) in [5.74, 6) is 0.473. The molecule has 2 N–H and O–H groups in total. The van der Waals surface area contributed by atoms with E-state index in [1.807, 2.05) is 66.7 Å². The summed E-state index contributed by atoms with van der Waals surface area (Å²) >= 11 is 12.8. The molecule has 0 aliphatic heterocycles. The Labute approximate surface area is 196 Å². The summed E-state index contributed by atoms with van der Waals surface area (Å²) in [5.41, 5.74) is 5.20. The minimum absolute atomic E-state index is 0.125. The minimum atomic E-state index is -0.240. The first kappa shape index (κ1) is 22.3. The predicted molar refractivity (Wildman–Crippen MR) is 128 cm³/mol. The average molecular weight is 552 g/mol. The van der Waals surface area contributed by atoms with Crippen LogP contribution < -0.4 is 15.5 Å². The molecule has 0 heterocycles. The van der Waals surface area contributed by atoms with Crippen molar-refractivity contribution in [2.75, 3.05) is 11.9 Å². The monoisotopic (exact) mass is 549 g/mol. The van der Waals surface area contributed by atoms with Gasteiger partial charge in [0.25, 0.3) is 5.91 Å². The number of nitrogens with one attached hydrogen (secondary N) is 2. The van der Waals surface area contributed by atoms with Crippen LogP contribution in [0.4, 0.5) is 5.69 Å². The molecule has 0 aliphatic rings. The molecule has 0 spiro atoms. The number of nitrogens with zero attached hydrogens (tertiary/aromatic N) is 1. The molecule has 3 aromatic carbocycles. The zero-order chi connectivity index (χ0) is 21.3. The van der Waals surface area contributed by atoms with E-state index in [0.717, 1.165) is 25.8 Å². The van der Waals surface area contributed by atoms with E-state index in [0.29, 0.717) is 17.4 Å². The van der Waals surface area contributed by atoms with Crippen LogP contribution in [0.25, 0.3) is 0 Å². The molecule has 3 aromatic rings. The molecule has 3 rings (SSSR count). The lowest BCUT2D eigenvalue weighted by molar-refractivity contribution is -0.119. The number of ether oxygens (including phenoxy) is 1. The number of halogens is 3. The number of hydrazone groups is 1. The van der Waals surface area contributed by atoms with E-state index in [4.69, 9.17) is 16.3 Å². The third-order valence-corrected chi connectivity index (χ3v) is 5.36. The van der Waals surface area contributed by atoms with Gasteiger partial charge in [-0.2, -0.15) is 5.10 Å². The molecule has 0 unspecified atom stereocenters. The molecular formula is C22H18Br2ClN3O2. The van der Waals surface area contributed by atoms with Crippen LogP contribution in [-0.2, 0) is 11.4 Å². The zero-order valence-electron chi connectivity index (χ0n) is 15.7. The highest BCUT2D eigenvalue weighted by atomic mass is 79.9. The maximum absolute atomic E-state index is 11.9. The van der Waals surface area contributed by atoms with E-state index in [-0.39, 0.29) is 12.5 Å². The van der Waals surface area contributed by atoms with Gasteiger partial charge in [0.15, 0.2) is 0 Å². The van der Waals surface area contributed by atoms with Crippen molar-refractivity contribution in [2.45, 2.75) is 6.61 Å². The van der Waals surface area contributed by atoms with E-state index < -0.39 is 0 Å². The zero-order valence-corrected chi connectivity index (χ0v) is 19.7. The summed E-state index contributed by atoms with van der Waals surface area (Å²) in [6.07, 6.45) is 1.57. The van der Waals surface area contributed by atoms with Crippen molar-refractivity contribution < 1.29 is 9.53 Å². The van der Waals surface area contributed by atoms with Crippen molar-refractivity contribution in [3.05, 3.63) is 91.8 Å². The predicted octanol–water partition coefficient (Wildman–Crippen LogP) is 6.01. The quantitative estimate of drug-likeness (QED) is 0.266. The first-order valence-electron chi connectivity index (χ1n) is 8.98. The summed E-state index contributed by atoms with van der Waals surface area (Å²) in [6.45, 7) is 0.560. The van der Waals surface area contributed by atoms with E-state index in [9.17, 15) is 4.79 Å². The number of anilines is 1. The Hall–Kier alpha value is -2.35. The Morgan fingerprint density at radius 2 is 1.77 bits per heavy atom. The number of amides is 1. The van der Waals surface area contributed by atoms with Gasteiger partial charge in [-0.3, -0.25) is 4.79 Å². The molecule has 0 radical (unpaired) electrons. The van der Waals surface area contributed by atoms with Crippen LogP contribution >= 0.6 is 43.5 Å². The topological polar surface area (TPSA) is 62.7 Å². The van der Waals surface area contributed by atoms with Crippen LogP contribution in [0.5, 0.6) is 5.75 Å². The molecular weight excluding hydrogens is 534 g/mol. The standard InChI is InChI=1S/C22H18Br2ClN3O2/c23-17-4-8-19(9-5-17)26-13-22(29)28-27-12-16-3-10-21(20(24)11-16)30-14-15-1-6-18(25)7-2-15/h1-12,26H,13-14H2,(H,28,29)/b27-12-. The van der Waals surface area contributed by atoms with Gasteiger partial charge in [0.2, 0.25) is 0 Å². The summed E-state index contributed by atoms with van der Waals surface area (Å²) in [6, 6.07) is 20.6. The third-order valence-electron chi connectivity index (χ3n) is 3.96. The second-order valence-electron chi connectivity index (χ2n) is 6.26. The maximum Gasteiger partial charge on any atom is 0.259 e. The molecule has 0 atom stereocenters. The normalized spacial score (nSPS) is 10.8. The number of carbonyl (C=O) groups excluding carboxylic acids is 1. The van der Waals surface area contributed by atoms with Gasteiger partial charge in [0.05, 0.1) is 17.2 Å². The summed E-state index contributed by atoms with van der Waals surface area (Å²) in [5, 5.41) is 7.72. The molecule has 0 aliphatic carbocycles. The summed E-state index contributed by atoms with van der Waals surface area (Å²) in [4.78, 5) is 11.9. The third kappa shape index (κ3) is 7.16. The molecule has 0 saturated heterocycles. The highest BCUT2D eigenvalue weighted by molar-refractivity contribution is 9.10. The first-order chi connectivity index (χ1) is 14.5. The van der Waals surface area contributed by atoms with Gasteiger partial charge < -0.3 is 10.1 Å². The fourth-order valence-electron chi connectivity index (χ4n) is 2.42. The van der Waals surface area contributed by atoms with E-state index in [1.165, 1.54) is 0 Å². The van der Waals surface area contributed by atoms with Crippen molar-refractivity contribution >= 4 is 61.3 Å². The van der Waals surface area contributed by atoms with E-state index in [2.05, 4.69) is 47.7 Å². The Balaban J connectivity index is 1.47. The van der Waals surface area contributed by atoms with Gasteiger partial charge in [-0.15, -0.1) is 0 Å². The van der Waals surface area contributed by atoms with Gasteiger partial charge in [0.1, 0.15) is 12.4 Å². The number of carbonyl (C=O) groups is 1. The van der Waals surface area contributed by atoms with Crippen molar-refractivity contribution in [1.82, 2.24) is 5.43 Å². The summed E-state index contributed by atoms with van der Waals surface area (Å²) in [7, 11) is 0. The van der Waals surface area contributed by atoms with Gasteiger partial charge in [0, 0.05) is 15.2 Å². The molecule has 30 heavy (non-hydrogen) atoms. The SMILES string of the molecule is O=C(CNc1ccc(Br)cc1)N/N=C\c1ccc(OCc2ccc(Cl)cc2)c(Br)c1. The second-order valence-corrected chi connectivity index (χ2v) is 8.47. The number of rotatable bonds is 8. The van der Waals surface area contributed by atoms with Crippen molar-refractivity contribution in [1.29, 1.82) is 0 Å². The number of benzene rings is 3. The minimum Gasteiger partial charge on any atom is -0.488 e. The van der Waals surface area contributed by atoms with E-state index >= 15 is 0 Å². The molecule has 8 heteroatoms. The molecule has 0 fully saturated rings. The Morgan fingerprint density at radius 1 is 1.03 bits per heavy atom. The smallest absolute Gasteiger partial charge is 0.259 e. The van der Waals surface area contributed by atoms with E-state index in [1.54, 1.807) is 6.21 Å². The number of hydrogen-bond acceptors (Lipinski definition) is 4. The molecule has 154 valence electrons. The lowest BCUT2D eigenvalue weighted by Gasteiger charge is -2.09. The van der Waals surface area contributed by atoms with Crippen LogP contribution in [0.1, 0.15) is 11.1 Å².